The number of hydrogen-bond donors (Lipinski definition) is 2. The largest absolute Gasteiger partial charge is 0.397 e. The number of nitrogens with one attached hydrogen (secondary N) is 1. The number of hydrogen-bond acceptors (Lipinski definition) is 4. The molecule has 0 atom stereocenters. The van der Waals surface area contributed by atoms with Gasteiger partial charge in [0.05, 0.1) is 18.3 Å². The van der Waals surface area contributed by atoms with E-state index in [4.69, 9.17) is 10.5 Å². The number of nitrogen functional groups attached to an aromatic ring is 1. The first-order chi connectivity index (χ1) is 8.72. The molecular formula is C13H21N3O2. The van der Waals surface area contributed by atoms with E-state index in [0.29, 0.717) is 18.7 Å². The summed E-state index contributed by atoms with van der Waals surface area (Å²) in [7, 11) is 1.70. The van der Waals surface area contributed by atoms with Crippen molar-refractivity contribution < 1.29 is 9.53 Å². The number of ether oxygens (including phenoxy) is 1. The SMILES string of the molecule is COCCCCCNC(=O)Cc1ccc(N)cn1. The Morgan fingerprint density at radius 3 is 2.89 bits per heavy atom. The van der Waals surface area contributed by atoms with Crippen LogP contribution in [0.5, 0.6) is 0 Å². The molecule has 1 heterocycles. The van der Waals surface area contributed by atoms with Crippen LogP contribution in [0.3, 0.4) is 0 Å². The zero-order valence-electron chi connectivity index (χ0n) is 10.8. The highest BCUT2D eigenvalue weighted by molar-refractivity contribution is 5.78. The molecule has 3 N–H and O–H groups in total. The van der Waals surface area contributed by atoms with Crippen molar-refractivity contribution in [3.8, 4) is 0 Å². The number of aromatic nitrogens is 1. The molecule has 1 aromatic heterocycles. The number of unbranched alkanes of at least 4 members (excludes halogenated alkanes) is 2. The first kappa shape index (κ1) is 14.4. The Morgan fingerprint density at radius 1 is 1.39 bits per heavy atom. The van der Waals surface area contributed by atoms with E-state index in [-0.39, 0.29) is 5.91 Å². The standard InChI is InChI=1S/C13H21N3O2/c1-18-8-4-2-3-7-15-13(17)9-12-6-5-11(14)10-16-12/h5-6,10H,2-4,7-9,14H2,1H3,(H,15,17). The summed E-state index contributed by atoms with van der Waals surface area (Å²) in [6.07, 6.45) is 4.94. The predicted octanol–water partition coefficient (Wildman–Crippen LogP) is 1.14. The summed E-state index contributed by atoms with van der Waals surface area (Å²) in [4.78, 5) is 15.7. The Bertz CT molecular complexity index is 352. The molecule has 0 bridgehead atoms. The van der Waals surface area contributed by atoms with Crippen LogP contribution in [0.25, 0.3) is 0 Å². The van der Waals surface area contributed by atoms with Gasteiger partial charge in [-0.05, 0) is 31.4 Å². The van der Waals surface area contributed by atoms with Gasteiger partial charge in [0.2, 0.25) is 5.91 Å². The average molecular weight is 251 g/mol. The van der Waals surface area contributed by atoms with Crippen molar-refractivity contribution >= 4 is 11.6 Å². The molecule has 0 aliphatic carbocycles. The molecule has 5 nitrogen and oxygen atoms in total. The molecule has 1 aromatic rings. The topological polar surface area (TPSA) is 77.2 Å². The minimum atomic E-state index is -0.000914. The van der Waals surface area contributed by atoms with Crippen molar-refractivity contribution in [2.75, 3.05) is 26.0 Å². The molecule has 0 aliphatic rings. The highest BCUT2D eigenvalue weighted by Crippen LogP contribution is 2.01. The van der Waals surface area contributed by atoms with Crippen molar-refractivity contribution in [1.82, 2.24) is 10.3 Å². The maximum Gasteiger partial charge on any atom is 0.226 e. The summed E-state index contributed by atoms with van der Waals surface area (Å²) in [5.41, 5.74) is 6.87. The molecule has 1 rings (SSSR count). The van der Waals surface area contributed by atoms with Crippen LogP contribution in [0.1, 0.15) is 25.0 Å². The van der Waals surface area contributed by atoms with Crippen LogP contribution in [0.2, 0.25) is 0 Å². The molecule has 0 aromatic carbocycles. The fourth-order valence-corrected chi connectivity index (χ4v) is 1.54. The van der Waals surface area contributed by atoms with Crippen LogP contribution in [-0.2, 0) is 16.0 Å². The van der Waals surface area contributed by atoms with Crippen LogP contribution < -0.4 is 11.1 Å². The zero-order chi connectivity index (χ0) is 13.2. The van der Waals surface area contributed by atoms with Crippen molar-refractivity contribution in [2.45, 2.75) is 25.7 Å². The first-order valence-electron chi connectivity index (χ1n) is 6.18. The third kappa shape index (κ3) is 6.20. The predicted molar refractivity (Wildman–Crippen MR) is 71.1 cm³/mol. The molecular weight excluding hydrogens is 230 g/mol. The highest BCUT2D eigenvalue weighted by Gasteiger charge is 2.03. The summed E-state index contributed by atoms with van der Waals surface area (Å²) in [5.74, 6) is -0.000914. The molecule has 100 valence electrons. The lowest BCUT2D eigenvalue weighted by Crippen LogP contribution is -2.26. The molecule has 5 heteroatoms. The Hall–Kier alpha value is -1.62. The van der Waals surface area contributed by atoms with Gasteiger partial charge in [-0.1, -0.05) is 0 Å². The molecule has 0 unspecified atom stereocenters. The van der Waals surface area contributed by atoms with E-state index in [0.717, 1.165) is 31.6 Å². The zero-order valence-corrected chi connectivity index (χ0v) is 10.8. The lowest BCUT2D eigenvalue weighted by molar-refractivity contribution is -0.120. The quantitative estimate of drug-likeness (QED) is 0.679. The fourth-order valence-electron chi connectivity index (χ4n) is 1.54. The number of carbonyl (C=O) groups is 1. The molecule has 1 amide bonds. The van der Waals surface area contributed by atoms with Crippen LogP contribution in [-0.4, -0.2) is 31.2 Å². The Morgan fingerprint density at radius 2 is 2.22 bits per heavy atom. The van der Waals surface area contributed by atoms with E-state index < -0.39 is 0 Å². The average Bonchev–Trinajstić information content (AvgIpc) is 2.36. The van der Waals surface area contributed by atoms with Gasteiger partial charge in [-0.25, -0.2) is 0 Å². The number of methoxy groups -OCH3 is 1. The van der Waals surface area contributed by atoms with E-state index >= 15 is 0 Å². The molecule has 0 aliphatic heterocycles. The minimum absolute atomic E-state index is 0.000914. The summed E-state index contributed by atoms with van der Waals surface area (Å²) < 4.78 is 4.95. The molecule has 0 saturated carbocycles. The molecule has 0 fully saturated rings. The molecule has 0 radical (unpaired) electrons. The van der Waals surface area contributed by atoms with E-state index in [1.807, 2.05) is 0 Å². The Labute approximate surface area is 108 Å². The van der Waals surface area contributed by atoms with Gasteiger partial charge < -0.3 is 15.8 Å². The van der Waals surface area contributed by atoms with E-state index in [1.54, 1.807) is 25.4 Å². The smallest absolute Gasteiger partial charge is 0.226 e. The van der Waals surface area contributed by atoms with Crippen LogP contribution >= 0.6 is 0 Å². The fraction of sp³-hybridized carbons (Fsp3) is 0.538. The Kier molecular flexibility index (Phi) is 6.79. The minimum Gasteiger partial charge on any atom is -0.397 e. The summed E-state index contributed by atoms with van der Waals surface area (Å²) in [6, 6.07) is 3.52. The number of amides is 1. The van der Waals surface area contributed by atoms with Crippen molar-refractivity contribution in [3.05, 3.63) is 24.0 Å². The van der Waals surface area contributed by atoms with E-state index in [1.165, 1.54) is 0 Å². The number of carbonyl (C=O) groups excluding carboxylic acids is 1. The number of pyridine rings is 1. The summed E-state index contributed by atoms with van der Waals surface area (Å²) in [5, 5.41) is 2.87. The van der Waals surface area contributed by atoms with Crippen molar-refractivity contribution in [3.63, 3.8) is 0 Å². The van der Waals surface area contributed by atoms with Gasteiger partial charge in [0.15, 0.2) is 0 Å². The normalized spacial score (nSPS) is 10.3. The Balaban J connectivity index is 2.12. The second-order valence-electron chi connectivity index (χ2n) is 4.16. The van der Waals surface area contributed by atoms with Crippen LogP contribution in [0.15, 0.2) is 18.3 Å². The second kappa shape index (κ2) is 8.47. The maximum absolute atomic E-state index is 11.6. The van der Waals surface area contributed by atoms with Gasteiger partial charge in [-0.2, -0.15) is 0 Å². The first-order valence-corrected chi connectivity index (χ1v) is 6.18. The van der Waals surface area contributed by atoms with Gasteiger partial charge in [0.1, 0.15) is 0 Å². The van der Waals surface area contributed by atoms with E-state index in [9.17, 15) is 4.79 Å². The lowest BCUT2D eigenvalue weighted by atomic mass is 10.2. The lowest BCUT2D eigenvalue weighted by Gasteiger charge is -2.05. The van der Waals surface area contributed by atoms with Crippen molar-refractivity contribution in [2.24, 2.45) is 0 Å². The number of rotatable bonds is 8. The monoisotopic (exact) mass is 251 g/mol. The number of nitrogens with zero attached hydrogens (tertiary/aromatic N) is 1. The van der Waals surface area contributed by atoms with E-state index in [2.05, 4.69) is 10.3 Å². The summed E-state index contributed by atoms with van der Waals surface area (Å²) >= 11 is 0. The van der Waals surface area contributed by atoms with Crippen molar-refractivity contribution in [1.29, 1.82) is 0 Å². The third-order valence-electron chi connectivity index (χ3n) is 2.54. The van der Waals surface area contributed by atoms with Gasteiger partial charge in [-0.3, -0.25) is 9.78 Å². The van der Waals surface area contributed by atoms with Gasteiger partial charge in [0.25, 0.3) is 0 Å². The molecule has 0 spiro atoms. The molecule has 18 heavy (non-hydrogen) atoms. The maximum atomic E-state index is 11.6. The van der Waals surface area contributed by atoms with Crippen LogP contribution in [0.4, 0.5) is 5.69 Å². The van der Waals surface area contributed by atoms with Gasteiger partial charge >= 0.3 is 0 Å². The highest BCUT2D eigenvalue weighted by atomic mass is 16.5. The number of nitrogens with two attached hydrogens (primary N) is 1. The van der Waals surface area contributed by atoms with Gasteiger partial charge in [-0.15, -0.1) is 0 Å². The third-order valence-corrected chi connectivity index (χ3v) is 2.54. The van der Waals surface area contributed by atoms with Gasteiger partial charge in [0, 0.05) is 26.0 Å². The second-order valence-corrected chi connectivity index (χ2v) is 4.16. The number of anilines is 1. The van der Waals surface area contributed by atoms with Crippen LogP contribution in [0, 0.1) is 0 Å². The molecule has 0 saturated heterocycles. The summed E-state index contributed by atoms with van der Waals surface area (Å²) in [6.45, 7) is 1.49.